The highest BCUT2D eigenvalue weighted by Gasteiger charge is 2.29. The third-order valence-electron chi connectivity index (χ3n) is 4.76. The number of carbonyl (C=O) groups is 1. The summed E-state index contributed by atoms with van der Waals surface area (Å²) in [6.07, 6.45) is 0.818. The first kappa shape index (κ1) is 17.7. The second-order valence-corrected chi connectivity index (χ2v) is 7.72. The van der Waals surface area contributed by atoms with Crippen LogP contribution >= 0.6 is 11.3 Å². The molecule has 4 rings (SSSR count). The fourth-order valence-electron chi connectivity index (χ4n) is 3.37. The summed E-state index contributed by atoms with van der Waals surface area (Å²) < 4.78 is 20.0. The number of halogens is 1. The van der Waals surface area contributed by atoms with Gasteiger partial charge in [0.2, 0.25) is 0 Å². The number of rotatable bonds is 4. The van der Waals surface area contributed by atoms with Crippen molar-refractivity contribution in [3.05, 3.63) is 53.3 Å². The highest BCUT2D eigenvalue weighted by molar-refractivity contribution is 7.22. The second kappa shape index (κ2) is 7.15. The molecule has 2 heterocycles. The largest absolute Gasteiger partial charge is 0.496 e. The number of hydrogen-bond acceptors (Lipinski definition) is 5. The van der Waals surface area contributed by atoms with Gasteiger partial charge >= 0.3 is 0 Å². The number of carbonyl (C=O) groups excluding carboxylic acids is 1. The third kappa shape index (κ3) is 3.47. The van der Waals surface area contributed by atoms with Crippen LogP contribution in [0, 0.1) is 12.7 Å². The van der Waals surface area contributed by atoms with Gasteiger partial charge in [-0.15, -0.1) is 0 Å². The van der Waals surface area contributed by atoms with Crippen molar-refractivity contribution in [2.75, 3.05) is 25.5 Å². The molecule has 27 heavy (non-hydrogen) atoms. The number of ether oxygens (including phenoxy) is 1. The molecule has 1 aromatic heterocycles. The maximum atomic E-state index is 13.8. The number of nitrogens with one attached hydrogen (secondary N) is 1. The van der Waals surface area contributed by atoms with Gasteiger partial charge in [-0.05, 0) is 37.6 Å². The average molecular weight is 385 g/mol. The van der Waals surface area contributed by atoms with Crippen molar-refractivity contribution < 1.29 is 13.9 Å². The summed E-state index contributed by atoms with van der Waals surface area (Å²) in [5.74, 6) is 0.241. The molecule has 1 atom stereocenters. The summed E-state index contributed by atoms with van der Waals surface area (Å²) in [6.45, 7) is 3.19. The van der Waals surface area contributed by atoms with Crippen LogP contribution in [0.4, 0.5) is 9.52 Å². The molecule has 0 radical (unpaired) electrons. The van der Waals surface area contributed by atoms with Gasteiger partial charge in [-0.2, -0.15) is 0 Å². The van der Waals surface area contributed by atoms with Crippen LogP contribution in [0.1, 0.15) is 22.3 Å². The van der Waals surface area contributed by atoms with Crippen LogP contribution in [0.3, 0.4) is 0 Å². The number of aromatic nitrogens is 1. The Balaban J connectivity index is 1.47. The molecule has 0 aliphatic carbocycles. The number of nitrogens with zero attached hydrogens (tertiary/aromatic N) is 2. The minimum absolute atomic E-state index is 0.0322. The smallest absolute Gasteiger partial charge is 0.257 e. The first-order chi connectivity index (χ1) is 13.0. The lowest BCUT2D eigenvalue weighted by molar-refractivity contribution is 0.0788. The molecule has 1 N–H and O–H groups in total. The van der Waals surface area contributed by atoms with E-state index in [9.17, 15) is 9.18 Å². The Kier molecular flexibility index (Phi) is 4.70. The molecule has 1 saturated heterocycles. The van der Waals surface area contributed by atoms with Crippen molar-refractivity contribution in [3.63, 3.8) is 0 Å². The van der Waals surface area contributed by atoms with Gasteiger partial charge in [0.05, 0.1) is 17.4 Å². The topological polar surface area (TPSA) is 54.5 Å². The predicted molar refractivity (Wildman–Crippen MR) is 105 cm³/mol. The molecule has 7 heteroatoms. The Bertz CT molecular complexity index is 1000. The number of thiazole rings is 1. The van der Waals surface area contributed by atoms with Crippen molar-refractivity contribution in [1.82, 2.24) is 9.88 Å². The molecular weight excluding hydrogens is 365 g/mol. The van der Waals surface area contributed by atoms with Gasteiger partial charge in [0, 0.05) is 19.1 Å². The zero-order valence-corrected chi connectivity index (χ0v) is 16.0. The number of anilines is 1. The number of hydrogen-bond donors (Lipinski definition) is 1. The second-order valence-electron chi connectivity index (χ2n) is 6.69. The predicted octanol–water partition coefficient (Wildman–Crippen LogP) is 4.08. The van der Waals surface area contributed by atoms with Crippen LogP contribution in [0.25, 0.3) is 10.2 Å². The van der Waals surface area contributed by atoms with Gasteiger partial charge in [-0.1, -0.05) is 29.0 Å². The maximum absolute atomic E-state index is 13.8. The summed E-state index contributed by atoms with van der Waals surface area (Å²) in [4.78, 5) is 19.1. The minimum atomic E-state index is -0.313. The van der Waals surface area contributed by atoms with Gasteiger partial charge < -0.3 is 15.0 Å². The van der Waals surface area contributed by atoms with E-state index < -0.39 is 0 Å². The number of methoxy groups -OCH3 is 1. The molecule has 1 amide bonds. The van der Waals surface area contributed by atoms with Crippen molar-refractivity contribution in [1.29, 1.82) is 0 Å². The van der Waals surface area contributed by atoms with E-state index in [1.54, 1.807) is 13.2 Å². The molecule has 140 valence electrons. The van der Waals surface area contributed by atoms with Crippen LogP contribution in [-0.2, 0) is 0 Å². The minimum Gasteiger partial charge on any atom is -0.496 e. The molecule has 0 bridgehead atoms. The molecule has 1 fully saturated rings. The van der Waals surface area contributed by atoms with E-state index in [-0.39, 0.29) is 17.8 Å². The number of aryl methyl sites for hydroxylation is 1. The van der Waals surface area contributed by atoms with E-state index >= 15 is 0 Å². The van der Waals surface area contributed by atoms with Gasteiger partial charge in [0.15, 0.2) is 5.13 Å². The van der Waals surface area contributed by atoms with E-state index in [1.165, 1.54) is 17.4 Å². The lowest BCUT2D eigenvalue weighted by Gasteiger charge is -2.18. The van der Waals surface area contributed by atoms with Crippen LogP contribution in [-0.4, -0.2) is 42.0 Å². The zero-order chi connectivity index (χ0) is 19.0. The summed E-state index contributed by atoms with van der Waals surface area (Å²) in [6, 6.07) is 10.7. The van der Waals surface area contributed by atoms with Gasteiger partial charge in [-0.25, -0.2) is 9.37 Å². The number of para-hydroxylation sites is 1. The first-order valence-corrected chi connectivity index (χ1v) is 9.62. The number of fused-ring (bicyclic) bond motifs is 1. The number of amides is 1. The monoisotopic (exact) mass is 385 g/mol. The van der Waals surface area contributed by atoms with Crippen molar-refractivity contribution in [2.24, 2.45) is 0 Å². The molecule has 0 unspecified atom stereocenters. The molecule has 0 spiro atoms. The Morgan fingerprint density at radius 3 is 3.00 bits per heavy atom. The van der Waals surface area contributed by atoms with Crippen molar-refractivity contribution >= 4 is 32.6 Å². The average Bonchev–Trinajstić information content (AvgIpc) is 3.29. The summed E-state index contributed by atoms with van der Waals surface area (Å²) in [5, 5.41) is 4.03. The molecule has 1 aliphatic heterocycles. The lowest BCUT2D eigenvalue weighted by Crippen LogP contribution is -2.31. The van der Waals surface area contributed by atoms with Crippen LogP contribution in [0.2, 0.25) is 0 Å². The Hall–Kier alpha value is -2.67. The summed E-state index contributed by atoms with van der Waals surface area (Å²) in [7, 11) is 1.57. The van der Waals surface area contributed by atoms with Crippen LogP contribution in [0.5, 0.6) is 5.75 Å². The van der Waals surface area contributed by atoms with Gasteiger partial charge in [0.25, 0.3) is 5.91 Å². The van der Waals surface area contributed by atoms with Gasteiger partial charge in [0.1, 0.15) is 17.1 Å². The maximum Gasteiger partial charge on any atom is 0.257 e. The summed E-state index contributed by atoms with van der Waals surface area (Å²) in [5.41, 5.74) is 1.99. The van der Waals surface area contributed by atoms with Crippen molar-refractivity contribution in [3.8, 4) is 5.75 Å². The normalized spacial score (nSPS) is 16.7. The van der Waals surface area contributed by atoms with Gasteiger partial charge in [-0.3, -0.25) is 4.79 Å². The number of benzene rings is 2. The van der Waals surface area contributed by atoms with Crippen molar-refractivity contribution in [2.45, 2.75) is 19.4 Å². The van der Waals surface area contributed by atoms with E-state index in [2.05, 4.69) is 10.3 Å². The van der Waals surface area contributed by atoms with E-state index in [0.29, 0.717) is 35.1 Å². The SMILES string of the molecule is COc1ccc(C)cc1C(=O)N1CC[C@@H](Nc2nc3c(F)cccc3s2)C1. The quantitative estimate of drug-likeness (QED) is 0.735. The Morgan fingerprint density at radius 2 is 2.22 bits per heavy atom. The Labute approximate surface area is 160 Å². The molecule has 0 saturated carbocycles. The van der Waals surface area contributed by atoms with Crippen LogP contribution in [0.15, 0.2) is 36.4 Å². The highest BCUT2D eigenvalue weighted by Crippen LogP contribution is 2.29. The first-order valence-electron chi connectivity index (χ1n) is 8.80. The lowest BCUT2D eigenvalue weighted by atomic mass is 10.1. The van der Waals surface area contributed by atoms with E-state index in [1.807, 2.05) is 36.1 Å². The molecule has 2 aromatic carbocycles. The molecule has 1 aliphatic rings. The fraction of sp³-hybridized carbons (Fsp3) is 0.300. The highest BCUT2D eigenvalue weighted by atomic mass is 32.1. The standard InChI is InChI=1S/C20H20FN3O2S/c1-12-6-7-16(26-2)14(10-12)19(25)24-9-8-13(11-24)22-20-23-18-15(21)4-3-5-17(18)27-20/h3-7,10,13H,8-9,11H2,1-2H3,(H,22,23)/t13-/m1/s1. The van der Waals surface area contributed by atoms with E-state index in [4.69, 9.17) is 4.74 Å². The zero-order valence-electron chi connectivity index (χ0n) is 15.2. The Morgan fingerprint density at radius 1 is 1.37 bits per heavy atom. The fourth-order valence-corrected chi connectivity index (χ4v) is 4.33. The third-order valence-corrected chi connectivity index (χ3v) is 5.71. The van der Waals surface area contributed by atoms with E-state index in [0.717, 1.165) is 16.7 Å². The van der Waals surface area contributed by atoms with Crippen LogP contribution < -0.4 is 10.1 Å². The molecule has 3 aromatic rings. The molecule has 5 nitrogen and oxygen atoms in total. The molecular formula is C20H20FN3O2S. The number of likely N-dealkylation sites (tertiary alicyclic amines) is 1. The summed E-state index contributed by atoms with van der Waals surface area (Å²) >= 11 is 1.43.